The van der Waals surface area contributed by atoms with Crippen molar-refractivity contribution in [3.05, 3.63) is 0 Å². The van der Waals surface area contributed by atoms with Gasteiger partial charge in [0.1, 0.15) is 0 Å². The standard InChI is InChI=1S/CH3NO3.Al.3H/c2-5-1(3)4;;;;/h2H2,(H,3,4);;;;. The van der Waals surface area contributed by atoms with Gasteiger partial charge >= 0.3 is 6.16 Å². The van der Waals surface area contributed by atoms with Crippen molar-refractivity contribution in [1.29, 1.82) is 0 Å². The van der Waals surface area contributed by atoms with Gasteiger partial charge in [-0.25, -0.2) is 4.79 Å². The summed E-state index contributed by atoms with van der Waals surface area (Å²) < 4.78 is 0. The van der Waals surface area contributed by atoms with Crippen LogP contribution in [0, 0.1) is 0 Å². The van der Waals surface area contributed by atoms with Crippen LogP contribution in [-0.4, -0.2) is 28.6 Å². The molecule has 6 heavy (non-hydrogen) atoms. The molecule has 0 aliphatic heterocycles. The molecule has 0 bridgehead atoms. The van der Waals surface area contributed by atoms with Crippen LogP contribution >= 0.6 is 0 Å². The van der Waals surface area contributed by atoms with Crippen molar-refractivity contribution in [3.63, 3.8) is 0 Å². The zero-order chi connectivity index (χ0) is 4.28. The molecule has 0 atom stereocenters. The predicted molar refractivity (Wildman–Crippen MR) is 23.2 cm³/mol. The summed E-state index contributed by atoms with van der Waals surface area (Å²) in [4.78, 5) is 12.2. The first-order valence-electron chi connectivity index (χ1n) is 0.868. The van der Waals surface area contributed by atoms with Crippen LogP contribution in [-0.2, 0) is 4.84 Å². The van der Waals surface area contributed by atoms with Gasteiger partial charge in [0.05, 0.1) is 0 Å². The lowest BCUT2D eigenvalue weighted by Gasteiger charge is -1.77. The number of carbonyl (C=O) groups is 1. The van der Waals surface area contributed by atoms with Crippen molar-refractivity contribution < 1.29 is 14.7 Å². The summed E-state index contributed by atoms with van der Waals surface area (Å²) in [6.45, 7) is 0. The molecule has 0 saturated heterocycles. The summed E-state index contributed by atoms with van der Waals surface area (Å²) in [7, 11) is 0. The van der Waals surface area contributed by atoms with E-state index in [2.05, 4.69) is 10.7 Å². The van der Waals surface area contributed by atoms with Crippen molar-refractivity contribution in [2.24, 2.45) is 5.90 Å². The van der Waals surface area contributed by atoms with Gasteiger partial charge in [0.2, 0.25) is 0 Å². The Morgan fingerprint density at radius 3 is 2.00 bits per heavy atom. The van der Waals surface area contributed by atoms with Crippen LogP contribution in [0.15, 0.2) is 0 Å². The van der Waals surface area contributed by atoms with Crippen LogP contribution < -0.4 is 5.90 Å². The van der Waals surface area contributed by atoms with Crippen LogP contribution in [0.2, 0.25) is 0 Å². The van der Waals surface area contributed by atoms with Crippen LogP contribution in [0.3, 0.4) is 0 Å². The van der Waals surface area contributed by atoms with Gasteiger partial charge in [0, 0.05) is 0 Å². The van der Waals surface area contributed by atoms with Gasteiger partial charge in [-0.2, -0.15) is 5.90 Å². The highest BCUT2D eigenvalue weighted by molar-refractivity contribution is 5.75. The van der Waals surface area contributed by atoms with Crippen molar-refractivity contribution in [2.75, 3.05) is 0 Å². The van der Waals surface area contributed by atoms with Gasteiger partial charge in [-0.3, -0.25) is 0 Å². The van der Waals surface area contributed by atoms with E-state index < -0.39 is 6.16 Å². The van der Waals surface area contributed by atoms with E-state index in [-0.39, 0.29) is 17.4 Å². The summed E-state index contributed by atoms with van der Waals surface area (Å²) in [5.74, 6) is 4.07. The Hall–Kier alpha value is -0.238. The molecule has 0 aromatic carbocycles. The van der Waals surface area contributed by atoms with E-state index in [4.69, 9.17) is 9.90 Å². The Morgan fingerprint density at radius 2 is 2.00 bits per heavy atom. The molecule has 0 aromatic heterocycles. The molecule has 3 N–H and O–H groups in total. The monoisotopic (exact) mass is 107 g/mol. The quantitative estimate of drug-likeness (QED) is 0.288. The van der Waals surface area contributed by atoms with Crippen LogP contribution in [0.1, 0.15) is 0 Å². The lowest BCUT2D eigenvalue weighted by Crippen LogP contribution is -2.04. The third-order valence-corrected chi connectivity index (χ3v) is 0.101. The Morgan fingerprint density at radius 1 is 1.83 bits per heavy atom. The second-order valence-corrected chi connectivity index (χ2v) is 0.384. The molecular weight excluding hydrogens is 101 g/mol. The van der Waals surface area contributed by atoms with E-state index in [0.29, 0.717) is 0 Å². The van der Waals surface area contributed by atoms with Gasteiger partial charge < -0.3 is 9.94 Å². The molecule has 4 nitrogen and oxygen atoms in total. The maximum absolute atomic E-state index is 9.02. The Bertz CT molecular complexity index is 46.1. The molecule has 0 aromatic rings. The Kier molecular flexibility index (Phi) is 7.33. The third-order valence-electron chi connectivity index (χ3n) is 0.101. The van der Waals surface area contributed by atoms with E-state index in [1.807, 2.05) is 0 Å². The first-order chi connectivity index (χ1) is 2.27. The fraction of sp³-hybridized carbons (Fsp3) is 0. The molecule has 5 heteroatoms. The van der Waals surface area contributed by atoms with Crippen molar-refractivity contribution in [3.8, 4) is 0 Å². The minimum absolute atomic E-state index is 0. The Labute approximate surface area is 45.0 Å². The fourth-order valence-electron chi connectivity index (χ4n) is 0. The van der Waals surface area contributed by atoms with Crippen LogP contribution in [0.5, 0.6) is 0 Å². The number of hydrogen-bond donors (Lipinski definition) is 2. The highest BCUT2D eigenvalue weighted by Crippen LogP contribution is 1.55. The van der Waals surface area contributed by atoms with Crippen LogP contribution in [0.4, 0.5) is 4.79 Å². The molecule has 0 spiro atoms. The SMILES string of the molecule is NOC(=O)O.[AlH3]. The van der Waals surface area contributed by atoms with E-state index in [1.54, 1.807) is 0 Å². The third kappa shape index (κ3) is 9.24. The molecule has 0 heterocycles. The minimum atomic E-state index is -1.47. The molecule has 0 unspecified atom stereocenters. The molecule has 0 amide bonds. The largest absolute Gasteiger partial charge is 0.524 e. The summed E-state index contributed by atoms with van der Waals surface area (Å²) in [5, 5.41) is 7.38. The summed E-state index contributed by atoms with van der Waals surface area (Å²) in [5.41, 5.74) is 0. The smallest absolute Gasteiger partial charge is 0.448 e. The predicted octanol–water partition coefficient (Wildman–Crippen LogP) is -1.63. The van der Waals surface area contributed by atoms with Gasteiger partial charge in [-0.1, -0.05) is 0 Å². The van der Waals surface area contributed by atoms with E-state index in [9.17, 15) is 0 Å². The second-order valence-electron chi connectivity index (χ2n) is 0.384. The highest BCUT2D eigenvalue weighted by Gasteiger charge is 1.82. The van der Waals surface area contributed by atoms with Crippen molar-refractivity contribution in [1.82, 2.24) is 0 Å². The Balaban J connectivity index is 0. The zero-order valence-corrected chi connectivity index (χ0v) is 2.34. The molecule has 0 aliphatic carbocycles. The minimum Gasteiger partial charge on any atom is -0.448 e. The molecular formula is CH6AlNO3. The number of nitrogens with two attached hydrogens (primary N) is 1. The average Bonchev–Trinajstić information content (AvgIpc) is 1.38. The van der Waals surface area contributed by atoms with Crippen molar-refractivity contribution in [2.45, 2.75) is 0 Å². The van der Waals surface area contributed by atoms with Crippen LogP contribution in [0.25, 0.3) is 0 Å². The van der Waals surface area contributed by atoms with Gasteiger partial charge in [0.25, 0.3) is 0 Å². The summed E-state index contributed by atoms with van der Waals surface area (Å²) >= 11 is 0. The summed E-state index contributed by atoms with van der Waals surface area (Å²) in [6, 6.07) is 0. The molecule has 36 valence electrons. The number of carboxylic acid groups (broad SMARTS) is 1. The van der Waals surface area contributed by atoms with E-state index in [0.717, 1.165) is 0 Å². The summed E-state index contributed by atoms with van der Waals surface area (Å²) in [6.07, 6.45) is -1.47. The normalized spacial score (nSPS) is 5.50. The average molecular weight is 107 g/mol. The zero-order valence-electron chi connectivity index (χ0n) is 2.34. The van der Waals surface area contributed by atoms with Gasteiger partial charge in [-0.05, 0) is 0 Å². The maximum atomic E-state index is 9.02. The first-order valence-corrected chi connectivity index (χ1v) is 0.868. The molecule has 0 radical (unpaired) electrons. The maximum Gasteiger partial charge on any atom is 0.524 e. The molecule has 0 rings (SSSR count). The molecule has 0 saturated carbocycles. The lowest BCUT2D eigenvalue weighted by atomic mass is 11.4. The lowest BCUT2D eigenvalue weighted by molar-refractivity contribution is 0.0921. The van der Waals surface area contributed by atoms with Gasteiger partial charge in [-0.15, -0.1) is 0 Å². The highest BCUT2D eigenvalue weighted by atomic mass is 27.0. The van der Waals surface area contributed by atoms with E-state index in [1.165, 1.54) is 0 Å². The number of hydrogen-bond acceptors (Lipinski definition) is 3. The molecule has 0 aliphatic rings. The second kappa shape index (κ2) is 4.76. The first kappa shape index (κ1) is 9.23. The van der Waals surface area contributed by atoms with Gasteiger partial charge in [0.15, 0.2) is 17.4 Å². The van der Waals surface area contributed by atoms with E-state index >= 15 is 0 Å². The van der Waals surface area contributed by atoms with Crippen molar-refractivity contribution >= 4 is 23.5 Å². The topological polar surface area (TPSA) is 72.5 Å². The fourth-order valence-corrected chi connectivity index (χ4v) is 0. The molecule has 0 fully saturated rings. The number of rotatable bonds is 0.